The maximum Gasteiger partial charge on any atom is 0.304 e. The molecule has 0 bridgehead atoms. The van der Waals surface area contributed by atoms with Gasteiger partial charge in [-0.2, -0.15) is 0 Å². The van der Waals surface area contributed by atoms with E-state index in [1.165, 1.54) is 26.2 Å². The van der Waals surface area contributed by atoms with Crippen LogP contribution >= 0.6 is 0 Å². The average molecular weight is 316 g/mol. The quantitative estimate of drug-likeness (QED) is 0.686. The van der Waals surface area contributed by atoms with Crippen molar-refractivity contribution in [3.05, 3.63) is 18.2 Å². The Morgan fingerprint density at radius 1 is 1.33 bits per heavy atom. The Bertz CT molecular complexity index is 641. The number of rotatable bonds is 7. The summed E-state index contributed by atoms with van der Waals surface area (Å²) in [7, 11) is -2.47. The molecule has 0 saturated heterocycles. The summed E-state index contributed by atoms with van der Waals surface area (Å²) in [5, 5.41) is 11.0. The van der Waals surface area contributed by atoms with Crippen LogP contribution < -0.4 is 14.8 Å². The second-order valence-corrected chi connectivity index (χ2v) is 6.00. The van der Waals surface area contributed by atoms with Gasteiger partial charge in [-0.15, -0.1) is 0 Å². The second kappa shape index (κ2) is 6.93. The standard InChI is InChI=1S/C12H16N2O6S/c1-8(15)13-9-3-4-11(20-2)10(7-9)14-21(18,19)6-5-12(16)17/h3-4,7,14H,5-6H2,1-2H3,(H,13,15)(H,16,17). The zero-order chi connectivity index (χ0) is 16.0. The fourth-order valence-electron chi connectivity index (χ4n) is 1.51. The lowest BCUT2D eigenvalue weighted by atomic mass is 10.2. The van der Waals surface area contributed by atoms with Gasteiger partial charge in [0.1, 0.15) is 5.75 Å². The van der Waals surface area contributed by atoms with E-state index in [0.29, 0.717) is 5.69 Å². The highest BCUT2D eigenvalue weighted by Crippen LogP contribution is 2.28. The van der Waals surface area contributed by atoms with Crippen molar-refractivity contribution in [3.8, 4) is 5.75 Å². The molecule has 21 heavy (non-hydrogen) atoms. The van der Waals surface area contributed by atoms with E-state index in [2.05, 4.69) is 10.0 Å². The van der Waals surface area contributed by atoms with Crippen molar-refractivity contribution < 1.29 is 27.9 Å². The predicted molar refractivity (Wildman–Crippen MR) is 77.0 cm³/mol. The monoisotopic (exact) mass is 316 g/mol. The number of carbonyl (C=O) groups is 2. The van der Waals surface area contributed by atoms with E-state index in [-0.39, 0.29) is 17.3 Å². The first kappa shape index (κ1) is 16.8. The largest absolute Gasteiger partial charge is 0.495 e. The van der Waals surface area contributed by atoms with Gasteiger partial charge in [-0.25, -0.2) is 8.42 Å². The number of sulfonamides is 1. The number of amides is 1. The van der Waals surface area contributed by atoms with Crippen LogP contribution in [0, 0.1) is 0 Å². The summed E-state index contributed by atoms with van der Waals surface area (Å²) in [5.74, 6) is -1.82. The molecule has 0 radical (unpaired) electrons. The number of carbonyl (C=O) groups excluding carboxylic acids is 1. The molecule has 1 aromatic rings. The van der Waals surface area contributed by atoms with E-state index in [0.717, 1.165) is 0 Å². The lowest BCUT2D eigenvalue weighted by molar-refractivity contribution is -0.136. The van der Waals surface area contributed by atoms with Crippen molar-refractivity contribution in [3.63, 3.8) is 0 Å². The maximum atomic E-state index is 11.8. The van der Waals surface area contributed by atoms with Gasteiger partial charge in [0.25, 0.3) is 0 Å². The second-order valence-electron chi connectivity index (χ2n) is 4.16. The minimum absolute atomic E-state index is 0.120. The van der Waals surface area contributed by atoms with E-state index in [1.54, 1.807) is 6.07 Å². The van der Waals surface area contributed by atoms with Crippen LogP contribution in [0.15, 0.2) is 18.2 Å². The number of carboxylic acid groups (broad SMARTS) is 1. The Balaban J connectivity index is 2.99. The van der Waals surface area contributed by atoms with Gasteiger partial charge in [0.05, 0.1) is 25.0 Å². The molecule has 3 N–H and O–H groups in total. The van der Waals surface area contributed by atoms with Crippen LogP contribution in [0.25, 0.3) is 0 Å². The first-order chi connectivity index (χ1) is 9.73. The molecular weight excluding hydrogens is 300 g/mol. The molecule has 0 aliphatic heterocycles. The van der Waals surface area contributed by atoms with Crippen molar-refractivity contribution in [2.24, 2.45) is 0 Å². The van der Waals surface area contributed by atoms with Gasteiger partial charge in [-0.1, -0.05) is 0 Å². The number of methoxy groups -OCH3 is 1. The van der Waals surface area contributed by atoms with Crippen LogP contribution in [-0.4, -0.2) is 38.3 Å². The van der Waals surface area contributed by atoms with Crippen LogP contribution in [0.2, 0.25) is 0 Å². The smallest absolute Gasteiger partial charge is 0.304 e. The number of aliphatic carboxylic acids is 1. The molecule has 0 aliphatic carbocycles. The highest BCUT2D eigenvalue weighted by Gasteiger charge is 2.16. The van der Waals surface area contributed by atoms with Gasteiger partial charge in [0.2, 0.25) is 15.9 Å². The average Bonchev–Trinajstić information content (AvgIpc) is 2.36. The minimum Gasteiger partial charge on any atom is -0.495 e. The molecule has 9 heteroatoms. The number of benzene rings is 1. The van der Waals surface area contributed by atoms with Gasteiger partial charge in [-0.05, 0) is 18.2 Å². The van der Waals surface area contributed by atoms with Crippen LogP contribution in [0.5, 0.6) is 5.75 Å². The number of hydrogen-bond acceptors (Lipinski definition) is 5. The normalized spacial score (nSPS) is 10.8. The van der Waals surface area contributed by atoms with Crippen molar-refractivity contribution in [1.82, 2.24) is 0 Å². The molecule has 0 fully saturated rings. The van der Waals surface area contributed by atoms with Crippen LogP contribution in [-0.2, 0) is 19.6 Å². The fraction of sp³-hybridized carbons (Fsp3) is 0.333. The first-order valence-electron chi connectivity index (χ1n) is 5.91. The van der Waals surface area contributed by atoms with Crippen LogP contribution in [0.1, 0.15) is 13.3 Å². The Kier molecular flexibility index (Phi) is 5.53. The third-order valence-electron chi connectivity index (χ3n) is 2.37. The fourth-order valence-corrected chi connectivity index (χ4v) is 2.55. The minimum atomic E-state index is -3.83. The van der Waals surface area contributed by atoms with Gasteiger partial charge < -0.3 is 15.2 Å². The highest BCUT2D eigenvalue weighted by atomic mass is 32.2. The Hall–Kier alpha value is -2.29. The number of ether oxygens (including phenoxy) is 1. The molecule has 0 saturated carbocycles. The third-order valence-corrected chi connectivity index (χ3v) is 3.64. The number of carboxylic acids is 1. The SMILES string of the molecule is COc1ccc(NC(C)=O)cc1NS(=O)(=O)CCC(=O)O. The summed E-state index contributed by atoms with van der Waals surface area (Å²) in [6, 6.07) is 4.42. The van der Waals surface area contributed by atoms with Crippen molar-refractivity contribution in [2.45, 2.75) is 13.3 Å². The zero-order valence-electron chi connectivity index (χ0n) is 11.5. The summed E-state index contributed by atoms with van der Waals surface area (Å²) < 4.78 is 30.8. The van der Waals surface area contributed by atoms with E-state index in [4.69, 9.17) is 9.84 Å². The highest BCUT2D eigenvalue weighted by molar-refractivity contribution is 7.92. The molecule has 0 aromatic heterocycles. The van der Waals surface area contributed by atoms with Crippen LogP contribution in [0.4, 0.5) is 11.4 Å². The topological polar surface area (TPSA) is 122 Å². The zero-order valence-corrected chi connectivity index (χ0v) is 12.4. The first-order valence-corrected chi connectivity index (χ1v) is 7.56. The number of anilines is 2. The lowest BCUT2D eigenvalue weighted by Gasteiger charge is -2.13. The molecule has 0 aliphatic rings. The predicted octanol–water partition coefficient (Wildman–Crippen LogP) is 0.870. The van der Waals surface area contributed by atoms with Gasteiger partial charge >= 0.3 is 5.97 Å². The Labute approximate surface area is 122 Å². The van der Waals surface area contributed by atoms with Gasteiger partial charge in [0, 0.05) is 12.6 Å². The number of hydrogen-bond donors (Lipinski definition) is 3. The van der Waals surface area contributed by atoms with Gasteiger partial charge in [0.15, 0.2) is 0 Å². The molecule has 1 amide bonds. The van der Waals surface area contributed by atoms with Crippen LogP contribution in [0.3, 0.4) is 0 Å². The summed E-state index contributed by atoms with van der Waals surface area (Å²) in [6.45, 7) is 1.32. The van der Waals surface area contributed by atoms with E-state index in [9.17, 15) is 18.0 Å². The summed E-state index contributed by atoms with van der Waals surface area (Å²) in [6.07, 6.45) is -0.511. The van der Waals surface area contributed by atoms with E-state index in [1.807, 2.05) is 0 Å². The third kappa shape index (κ3) is 5.69. The van der Waals surface area contributed by atoms with Crippen molar-refractivity contribution in [2.75, 3.05) is 22.9 Å². The maximum absolute atomic E-state index is 11.8. The molecule has 1 aromatic carbocycles. The summed E-state index contributed by atoms with van der Waals surface area (Å²) in [4.78, 5) is 21.4. The van der Waals surface area contributed by atoms with E-state index < -0.39 is 28.2 Å². The molecule has 0 unspecified atom stereocenters. The molecule has 116 valence electrons. The molecule has 0 heterocycles. The molecule has 0 spiro atoms. The molecule has 8 nitrogen and oxygen atoms in total. The molecule has 0 atom stereocenters. The number of nitrogens with one attached hydrogen (secondary N) is 2. The van der Waals surface area contributed by atoms with E-state index >= 15 is 0 Å². The molecule has 1 rings (SSSR count). The van der Waals surface area contributed by atoms with Gasteiger partial charge in [-0.3, -0.25) is 14.3 Å². The lowest BCUT2D eigenvalue weighted by Crippen LogP contribution is -2.19. The summed E-state index contributed by atoms with van der Waals surface area (Å²) in [5.41, 5.74) is 0.508. The molecular formula is C12H16N2O6S. The Morgan fingerprint density at radius 2 is 2.00 bits per heavy atom. The van der Waals surface area contributed by atoms with Crippen molar-refractivity contribution >= 4 is 33.3 Å². The summed E-state index contributed by atoms with van der Waals surface area (Å²) >= 11 is 0. The Morgan fingerprint density at radius 3 is 2.52 bits per heavy atom. The van der Waals surface area contributed by atoms with Crippen molar-refractivity contribution in [1.29, 1.82) is 0 Å².